The predicted molar refractivity (Wildman–Crippen MR) is 94.5 cm³/mol. The Morgan fingerprint density at radius 2 is 1.83 bits per heavy atom. The van der Waals surface area contributed by atoms with Gasteiger partial charge in [-0.05, 0) is 44.0 Å². The highest BCUT2D eigenvalue weighted by Crippen LogP contribution is 2.26. The van der Waals surface area contributed by atoms with Crippen LogP contribution in [0.25, 0.3) is 0 Å². The highest BCUT2D eigenvalue weighted by molar-refractivity contribution is 6.20. The lowest BCUT2D eigenvalue weighted by atomic mass is 10.0. The minimum Gasteiger partial charge on any atom is -0.399 e. The maximum Gasteiger partial charge on any atom is 0.204 e. The lowest BCUT2D eigenvalue weighted by Gasteiger charge is -2.25. The van der Waals surface area contributed by atoms with Gasteiger partial charge in [-0.1, -0.05) is 0 Å². The number of hydrogen-bond acceptors (Lipinski definition) is 6. The van der Waals surface area contributed by atoms with Crippen molar-refractivity contribution < 1.29 is 14.7 Å². The third-order valence-electron chi connectivity index (χ3n) is 4.25. The molecule has 0 aliphatic heterocycles. The molecule has 1 aliphatic carbocycles. The minimum atomic E-state index is -0.269. The van der Waals surface area contributed by atoms with E-state index in [1.807, 2.05) is 20.8 Å². The second-order valence-electron chi connectivity index (χ2n) is 5.70. The maximum atomic E-state index is 12.4. The van der Waals surface area contributed by atoms with Crippen molar-refractivity contribution in [1.82, 2.24) is 4.90 Å². The summed E-state index contributed by atoms with van der Waals surface area (Å²) in [6.45, 7) is 6.46. The third kappa shape index (κ3) is 3.49. The van der Waals surface area contributed by atoms with Gasteiger partial charge in [-0.15, -0.1) is 0 Å². The molecule has 0 aromatic heterocycles. The fourth-order valence-electron chi connectivity index (χ4n) is 2.59. The zero-order valence-corrected chi connectivity index (χ0v) is 14.2. The van der Waals surface area contributed by atoms with Crippen molar-refractivity contribution >= 4 is 22.9 Å². The number of aliphatic hydroxyl groups excluding tert-OH is 1. The smallest absolute Gasteiger partial charge is 0.204 e. The van der Waals surface area contributed by atoms with Crippen molar-refractivity contribution in [1.29, 1.82) is 0 Å². The van der Waals surface area contributed by atoms with E-state index in [4.69, 9.17) is 10.8 Å². The van der Waals surface area contributed by atoms with Crippen molar-refractivity contribution in [2.45, 2.75) is 20.8 Å². The summed E-state index contributed by atoms with van der Waals surface area (Å²) in [5.41, 5.74) is 9.71. The van der Waals surface area contributed by atoms with Crippen molar-refractivity contribution in [2.75, 3.05) is 30.7 Å². The van der Waals surface area contributed by atoms with E-state index in [1.165, 1.54) is 12.2 Å². The summed E-state index contributed by atoms with van der Waals surface area (Å²) >= 11 is 0. The number of ketones is 2. The number of nitrogens with zero attached hydrogens (tertiary/aromatic N) is 1. The number of nitrogens with two attached hydrogens (primary N) is 1. The molecule has 1 aromatic rings. The minimum absolute atomic E-state index is 0.0780. The lowest BCUT2D eigenvalue weighted by molar-refractivity contribution is -0.116. The number of allylic oxidation sites excluding steroid dienone is 2. The second-order valence-corrected chi connectivity index (χ2v) is 5.70. The first kappa shape index (κ1) is 17.7. The molecule has 0 bridgehead atoms. The number of nitrogen functional groups attached to an aromatic ring is 1. The Morgan fingerprint density at radius 3 is 2.46 bits per heavy atom. The zero-order chi connectivity index (χ0) is 17.9. The lowest BCUT2D eigenvalue weighted by Crippen LogP contribution is -2.33. The quantitative estimate of drug-likeness (QED) is 0.541. The first-order chi connectivity index (χ1) is 11.4. The first-order valence-electron chi connectivity index (χ1n) is 7.89. The number of anilines is 2. The number of nitrogens with one attached hydrogen (secondary N) is 1. The van der Waals surface area contributed by atoms with Gasteiger partial charge in [-0.25, -0.2) is 0 Å². The summed E-state index contributed by atoms with van der Waals surface area (Å²) in [6, 6.07) is 3.56. The summed E-state index contributed by atoms with van der Waals surface area (Å²) in [5.74, 6) is -0.521. The molecule has 0 radical (unpaired) electrons. The van der Waals surface area contributed by atoms with Crippen LogP contribution in [0.15, 0.2) is 35.7 Å². The molecule has 128 valence electrons. The number of hydrogen-bond donors (Lipinski definition) is 3. The van der Waals surface area contributed by atoms with Gasteiger partial charge in [0.1, 0.15) is 0 Å². The Morgan fingerprint density at radius 1 is 1.12 bits per heavy atom. The van der Waals surface area contributed by atoms with Crippen LogP contribution in [0.3, 0.4) is 0 Å². The van der Waals surface area contributed by atoms with Gasteiger partial charge in [0.15, 0.2) is 0 Å². The molecule has 2 rings (SSSR count). The molecule has 0 unspecified atom stereocenters. The van der Waals surface area contributed by atoms with Gasteiger partial charge in [0.05, 0.1) is 18.0 Å². The summed E-state index contributed by atoms with van der Waals surface area (Å²) in [4.78, 5) is 26.4. The van der Waals surface area contributed by atoms with E-state index in [0.29, 0.717) is 24.5 Å². The van der Waals surface area contributed by atoms with Gasteiger partial charge < -0.3 is 21.1 Å². The van der Waals surface area contributed by atoms with E-state index in [9.17, 15) is 9.59 Å². The van der Waals surface area contributed by atoms with Crippen molar-refractivity contribution in [2.24, 2.45) is 0 Å². The molecule has 1 aromatic carbocycles. The van der Waals surface area contributed by atoms with E-state index in [1.54, 1.807) is 17.0 Å². The van der Waals surface area contributed by atoms with Gasteiger partial charge in [0, 0.05) is 36.6 Å². The fourth-order valence-corrected chi connectivity index (χ4v) is 2.59. The molecule has 6 heteroatoms. The highest BCUT2D eigenvalue weighted by Gasteiger charge is 2.24. The van der Waals surface area contributed by atoms with Crippen LogP contribution in [-0.4, -0.2) is 41.3 Å². The Hall–Kier alpha value is -2.60. The molecule has 1 aliphatic rings. The number of benzene rings is 1. The molecule has 0 fully saturated rings. The van der Waals surface area contributed by atoms with Crippen LogP contribution in [0.2, 0.25) is 0 Å². The average molecular weight is 329 g/mol. The van der Waals surface area contributed by atoms with Crippen LogP contribution in [0.1, 0.15) is 18.1 Å². The molecule has 6 nitrogen and oxygen atoms in total. The predicted octanol–water partition coefficient (Wildman–Crippen LogP) is 1.53. The number of carbonyl (C=O) groups excluding carboxylic acids is 2. The normalized spacial score (nSPS) is 14.3. The van der Waals surface area contributed by atoms with Crippen molar-refractivity contribution in [3.8, 4) is 0 Å². The third-order valence-corrected chi connectivity index (χ3v) is 4.25. The van der Waals surface area contributed by atoms with Crippen molar-refractivity contribution in [3.05, 3.63) is 46.8 Å². The molecule has 24 heavy (non-hydrogen) atoms. The Balaban J connectivity index is 2.25. The van der Waals surface area contributed by atoms with Crippen molar-refractivity contribution in [3.63, 3.8) is 0 Å². The zero-order valence-electron chi connectivity index (χ0n) is 14.2. The van der Waals surface area contributed by atoms with Crippen LogP contribution >= 0.6 is 0 Å². The molecule has 0 saturated heterocycles. The topological polar surface area (TPSA) is 95.7 Å². The van der Waals surface area contributed by atoms with Crippen LogP contribution in [0.4, 0.5) is 11.4 Å². The van der Waals surface area contributed by atoms with Crippen LogP contribution < -0.4 is 11.1 Å². The number of carbonyl (C=O) groups is 2. The standard InChI is InChI=1S/C18H23N3O3/c1-4-21(7-8-22)16-10-17(23)15(9-18(16)24)20-14-6-5-13(19)11(2)12(14)3/h5-6,9-10,20,22H,4,7-8,19H2,1-3H3. The average Bonchev–Trinajstić information content (AvgIpc) is 2.56. The van der Waals surface area contributed by atoms with E-state index >= 15 is 0 Å². The van der Waals surface area contributed by atoms with Crippen LogP contribution in [0, 0.1) is 13.8 Å². The highest BCUT2D eigenvalue weighted by atomic mass is 16.3. The second kappa shape index (κ2) is 7.31. The van der Waals surface area contributed by atoms with Crippen LogP contribution in [-0.2, 0) is 9.59 Å². The molecule has 0 spiro atoms. The molecule has 0 saturated carbocycles. The molecular formula is C18H23N3O3. The summed E-state index contributed by atoms with van der Waals surface area (Å²) in [7, 11) is 0. The Kier molecular flexibility index (Phi) is 5.41. The van der Waals surface area contributed by atoms with E-state index < -0.39 is 0 Å². The number of likely N-dealkylation sites (N-methyl/N-ethyl adjacent to an activating group) is 1. The summed E-state index contributed by atoms with van der Waals surface area (Å²) < 4.78 is 0. The van der Waals surface area contributed by atoms with Gasteiger partial charge in [0.25, 0.3) is 0 Å². The van der Waals surface area contributed by atoms with Gasteiger partial charge >= 0.3 is 0 Å². The Bertz CT molecular complexity index is 735. The number of rotatable bonds is 6. The van der Waals surface area contributed by atoms with E-state index in [-0.39, 0.29) is 23.9 Å². The summed E-state index contributed by atoms with van der Waals surface area (Å²) in [5, 5.41) is 12.1. The largest absolute Gasteiger partial charge is 0.399 e. The summed E-state index contributed by atoms with van der Waals surface area (Å²) in [6.07, 6.45) is 2.63. The molecule has 0 amide bonds. The maximum absolute atomic E-state index is 12.4. The molecule has 4 N–H and O–H groups in total. The van der Waals surface area contributed by atoms with E-state index in [0.717, 1.165) is 16.8 Å². The fraction of sp³-hybridized carbons (Fsp3) is 0.333. The molecular weight excluding hydrogens is 306 g/mol. The molecule has 0 atom stereocenters. The molecule has 0 heterocycles. The first-order valence-corrected chi connectivity index (χ1v) is 7.89. The Labute approximate surface area is 141 Å². The van der Waals surface area contributed by atoms with Gasteiger partial charge in [-0.2, -0.15) is 0 Å². The van der Waals surface area contributed by atoms with Gasteiger partial charge in [0.2, 0.25) is 11.6 Å². The number of aliphatic hydroxyl groups is 1. The van der Waals surface area contributed by atoms with E-state index in [2.05, 4.69) is 5.32 Å². The monoisotopic (exact) mass is 329 g/mol. The SMILES string of the molecule is CCN(CCO)C1=CC(=O)C(Nc2ccc(N)c(C)c2C)=CC1=O. The van der Waals surface area contributed by atoms with Crippen LogP contribution in [0.5, 0.6) is 0 Å². The van der Waals surface area contributed by atoms with Gasteiger partial charge in [-0.3, -0.25) is 9.59 Å².